The van der Waals surface area contributed by atoms with Gasteiger partial charge in [0.2, 0.25) is 5.92 Å². The van der Waals surface area contributed by atoms with E-state index in [-0.39, 0.29) is 29.7 Å². The number of carbonyl (C=O) groups excluding carboxylic acids is 1. The maximum atomic E-state index is 15.0. The van der Waals surface area contributed by atoms with Gasteiger partial charge in [-0.2, -0.15) is 17.6 Å². The van der Waals surface area contributed by atoms with Crippen molar-refractivity contribution in [1.29, 1.82) is 0 Å². The van der Waals surface area contributed by atoms with E-state index in [0.717, 1.165) is 18.2 Å². The number of hydrogen-bond donors (Lipinski definition) is 2. The van der Waals surface area contributed by atoms with E-state index in [1.807, 2.05) is 0 Å². The molecule has 4 rings (SSSR count). The molecular formula is C31H30F8N2O3. The Bertz CT molecular complexity index is 1460. The van der Waals surface area contributed by atoms with E-state index in [1.54, 1.807) is 44.2 Å². The van der Waals surface area contributed by atoms with Crippen LogP contribution in [-0.2, 0) is 12.0 Å². The summed E-state index contributed by atoms with van der Waals surface area (Å²) in [5.74, 6) is -6.21. The van der Waals surface area contributed by atoms with Gasteiger partial charge in [-0.1, -0.05) is 36.4 Å². The smallest absolute Gasteiger partial charge is 0.461 e. The molecule has 0 heterocycles. The van der Waals surface area contributed by atoms with Gasteiger partial charge in [0, 0.05) is 31.4 Å². The summed E-state index contributed by atoms with van der Waals surface area (Å²) in [6, 6.07) is 12.0. The first-order valence-electron chi connectivity index (χ1n) is 13.7. The minimum atomic E-state index is -4.99. The van der Waals surface area contributed by atoms with Gasteiger partial charge in [0.25, 0.3) is 0 Å². The average molecular weight is 631 g/mol. The molecule has 3 aromatic carbocycles. The predicted molar refractivity (Wildman–Crippen MR) is 145 cm³/mol. The van der Waals surface area contributed by atoms with Crippen LogP contribution in [0.2, 0.25) is 0 Å². The Morgan fingerprint density at radius 1 is 1.00 bits per heavy atom. The van der Waals surface area contributed by atoms with Crippen LogP contribution in [0.25, 0.3) is 0 Å². The SMILES string of the molecule is CC(C)Oc1cc(C(Cc2ccccc2)(NC(=O)NC2CCC(F)(F)C2)c2cc(F)cc(OC(F)(F)C(F)F)c2)ccc1F. The minimum absolute atomic E-state index is 0.0320. The maximum Gasteiger partial charge on any atom is 0.461 e. The molecule has 1 saturated carbocycles. The highest BCUT2D eigenvalue weighted by molar-refractivity contribution is 5.76. The van der Waals surface area contributed by atoms with Crippen LogP contribution in [0.5, 0.6) is 11.5 Å². The second kappa shape index (κ2) is 12.9. The summed E-state index contributed by atoms with van der Waals surface area (Å²) >= 11 is 0. The van der Waals surface area contributed by atoms with Gasteiger partial charge in [0.1, 0.15) is 11.6 Å². The number of ether oxygens (including phenoxy) is 2. The number of benzene rings is 3. The summed E-state index contributed by atoms with van der Waals surface area (Å²) in [4.78, 5) is 13.5. The van der Waals surface area contributed by atoms with E-state index >= 15 is 4.39 Å². The molecular weight excluding hydrogens is 600 g/mol. The molecule has 13 heteroatoms. The van der Waals surface area contributed by atoms with Crippen molar-refractivity contribution in [2.24, 2.45) is 0 Å². The lowest BCUT2D eigenvalue weighted by Gasteiger charge is -2.37. The molecule has 0 aliphatic heterocycles. The third-order valence-electron chi connectivity index (χ3n) is 7.04. The second-order valence-corrected chi connectivity index (χ2v) is 10.9. The second-order valence-electron chi connectivity index (χ2n) is 10.9. The lowest BCUT2D eigenvalue weighted by Crippen LogP contribution is -2.54. The van der Waals surface area contributed by atoms with Gasteiger partial charge in [-0.05, 0) is 61.2 Å². The number of alkyl halides is 6. The predicted octanol–water partition coefficient (Wildman–Crippen LogP) is 7.96. The Labute approximate surface area is 248 Å². The van der Waals surface area contributed by atoms with E-state index < -0.39 is 72.4 Å². The van der Waals surface area contributed by atoms with Crippen molar-refractivity contribution in [2.75, 3.05) is 0 Å². The van der Waals surface area contributed by atoms with Crippen molar-refractivity contribution < 1.29 is 49.4 Å². The van der Waals surface area contributed by atoms with E-state index in [9.17, 15) is 35.5 Å². The Balaban J connectivity index is 1.91. The van der Waals surface area contributed by atoms with Crippen LogP contribution in [0.15, 0.2) is 66.7 Å². The van der Waals surface area contributed by atoms with Gasteiger partial charge in [-0.3, -0.25) is 0 Å². The highest BCUT2D eigenvalue weighted by atomic mass is 19.3. The van der Waals surface area contributed by atoms with Gasteiger partial charge in [-0.25, -0.2) is 22.4 Å². The molecule has 1 aliphatic carbocycles. The molecule has 1 fully saturated rings. The lowest BCUT2D eigenvalue weighted by atomic mass is 9.77. The molecule has 0 aromatic heterocycles. The monoisotopic (exact) mass is 630 g/mol. The topological polar surface area (TPSA) is 59.6 Å². The molecule has 44 heavy (non-hydrogen) atoms. The summed E-state index contributed by atoms with van der Waals surface area (Å²) < 4.78 is 121. The minimum Gasteiger partial charge on any atom is -0.488 e. The zero-order valence-electron chi connectivity index (χ0n) is 23.7. The molecule has 0 saturated heterocycles. The zero-order valence-corrected chi connectivity index (χ0v) is 23.7. The number of amides is 2. The summed E-state index contributed by atoms with van der Waals surface area (Å²) in [5.41, 5.74) is -1.60. The first-order valence-corrected chi connectivity index (χ1v) is 13.7. The highest BCUT2D eigenvalue weighted by Crippen LogP contribution is 2.40. The van der Waals surface area contributed by atoms with E-state index in [4.69, 9.17) is 4.74 Å². The van der Waals surface area contributed by atoms with Crippen LogP contribution in [0.4, 0.5) is 39.9 Å². The molecule has 2 unspecified atom stereocenters. The lowest BCUT2D eigenvalue weighted by molar-refractivity contribution is -0.253. The van der Waals surface area contributed by atoms with Crippen LogP contribution in [0, 0.1) is 11.6 Å². The molecule has 0 bridgehead atoms. The normalized spacial score (nSPS) is 17.8. The molecule has 2 amide bonds. The standard InChI is InChI=1S/C31H30F8N2O3/c1-18(2)43-26-14-20(8-9-25(26)33)30(16-19-6-4-3-5-7-19,41-28(42)40-23-10-11-29(36,37)17-23)21-12-22(32)15-24(13-21)44-31(38,39)27(34)35/h3-9,12-15,18,23,27H,10-11,16-17H2,1-2H3,(H2,40,41,42). The van der Waals surface area contributed by atoms with Crippen LogP contribution in [0.3, 0.4) is 0 Å². The Morgan fingerprint density at radius 2 is 1.70 bits per heavy atom. The summed E-state index contributed by atoms with van der Waals surface area (Å²) in [5, 5.41) is 5.15. The zero-order chi connectivity index (χ0) is 32.3. The van der Waals surface area contributed by atoms with Crippen LogP contribution in [0.1, 0.15) is 49.8 Å². The number of nitrogens with one attached hydrogen (secondary N) is 2. The van der Waals surface area contributed by atoms with Crippen molar-refractivity contribution in [3.8, 4) is 11.5 Å². The van der Waals surface area contributed by atoms with Crippen molar-refractivity contribution in [3.05, 3.63) is 95.1 Å². The first-order chi connectivity index (χ1) is 20.6. The number of hydrogen-bond acceptors (Lipinski definition) is 3. The molecule has 0 radical (unpaired) electrons. The summed E-state index contributed by atoms with van der Waals surface area (Å²) in [6.07, 6.45) is -11.1. The molecule has 238 valence electrons. The van der Waals surface area contributed by atoms with Gasteiger partial charge < -0.3 is 20.1 Å². The molecule has 5 nitrogen and oxygen atoms in total. The fourth-order valence-corrected chi connectivity index (χ4v) is 5.13. The fraction of sp³-hybridized carbons (Fsp3) is 0.387. The number of carbonyl (C=O) groups is 1. The number of urea groups is 1. The molecule has 3 aromatic rings. The van der Waals surface area contributed by atoms with Crippen molar-refractivity contribution in [1.82, 2.24) is 10.6 Å². The van der Waals surface area contributed by atoms with Crippen LogP contribution < -0.4 is 20.1 Å². The number of halogens is 8. The van der Waals surface area contributed by atoms with Crippen LogP contribution in [-0.4, -0.2) is 36.6 Å². The van der Waals surface area contributed by atoms with E-state index in [2.05, 4.69) is 15.4 Å². The maximum absolute atomic E-state index is 15.0. The Kier molecular flexibility index (Phi) is 9.65. The van der Waals surface area contributed by atoms with E-state index in [0.29, 0.717) is 11.6 Å². The molecule has 2 atom stereocenters. The van der Waals surface area contributed by atoms with E-state index in [1.165, 1.54) is 12.1 Å². The third-order valence-corrected chi connectivity index (χ3v) is 7.04. The molecule has 1 aliphatic rings. The Hall–Kier alpha value is -4.03. The average Bonchev–Trinajstić information content (AvgIpc) is 3.26. The fourth-order valence-electron chi connectivity index (χ4n) is 5.13. The molecule has 0 spiro atoms. The van der Waals surface area contributed by atoms with Crippen molar-refractivity contribution >= 4 is 6.03 Å². The number of rotatable bonds is 11. The van der Waals surface area contributed by atoms with Gasteiger partial charge >= 0.3 is 18.6 Å². The molecule has 2 N–H and O–H groups in total. The van der Waals surface area contributed by atoms with Crippen molar-refractivity contribution in [3.63, 3.8) is 0 Å². The largest absolute Gasteiger partial charge is 0.488 e. The highest BCUT2D eigenvalue weighted by Gasteiger charge is 2.45. The summed E-state index contributed by atoms with van der Waals surface area (Å²) in [6.45, 7) is 3.26. The summed E-state index contributed by atoms with van der Waals surface area (Å²) in [7, 11) is 0. The van der Waals surface area contributed by atoms with Gasteiger partial charge in [0.05, 0.1) is 11.6 Å². The Morgan fingerprint density at radius 3 is 2.32 bits per heavy atom. The van der Waals surface area contributed by atoms with Gasteiger partial charge in [0.15, 0.2) is 11.6 Å². The van der Waals surface area contributed by atoms with Crippen LogP contribution >= 0.6 is 0 Å². The first kappa shape index (κ1) is 32.9. The third kappa shape index (κ3) is 7.92. The van der Waals surface area contributed by atoms with Gasteiger partial charge in [-0.15, -0.1) is 0 Å². The quantitative estimate of drug-likeness (QED) is 0.212. The van der Waals surface area contributed by atoms with Crippen molar-refractivity contribution in [2.45, 2.75) is 75.7 Å².